The van der Waals surface area contributed by atoms with Gasteiger partial charge in [-0.1, -0.05) is 84.9 Å². The molecule has 250 valence electrons. The number of hydrogen-bond donors (Lipinski definition) is 3. The van der Waals surface area contributed by atoms with Crippen molar-refractivity contribution in [3.05, 3.63) is 107 Å². The van der Waals surface area contributed by atoms with Crippen LogP contribution in [0.3, 0.4) is 0 Å². The number of carboxylic acids is 2. The van der Waals surface area contributed by atoms with Gasteiger partial charge in [0.25, 0.3) is 0 Å². The van der Waals surface area contributed by atoms with E-state index in [2.05, 4.69) is 5.32 Å². The Hall–Kier alpha value is -5.03. The Labute approximate surface area is 274 Å². The molecule has 4 rings (SSSR count). The second-order valence-electron chi connectivity index (χ2n) is 11.1. The maximum atomic E-state index is 13.8. The van der Waals surface area contributed by atoms with Crippen LogP contribution in [0.4, 0.5) is 0 Å². The van der Waals surface area contributed by atoms with Gasteiger partial charge in [0, 0.05) is 13.0 Å². The van der Waals surface area contributed by atoms with Crippen LogP contribution in [0.15, 0.2) is 84.9 Å². The van der Waals surface area contributed by atoms with Gasteiger partial charge in [-0.15, -0.1) is 0 Å². The molecule has 0 bridgehead atoms. The van der Waals surface area contributed by atoms with E-state index in [0.29, 0.717) is 25.8 Å². The van der Waals surface area contributed by atoms with E-state index in [1.165, 1.54) is 0 Å². The van der Waals surface area contributed by atoms with Gasteiger partial charge in [0.1, 0.15) is 18.7 Å². The van der Waals surface area contributed by atoms with E-state index in [9.17, 15) is 24.0 Å². The molecule has 1 aliphatic heterocycles. The smallest absolute Gasteiger partial charge is 0.329 e. The third-order valence-electron chi connectivity index (χ3n) is 7.54. The lowest BCUT2D eigenvalue weighted by atomic mass is 9.93. The number of esters is 2. The normalized spacial score (nSPS) is 14.8. The predicted octanol–water partition coefficient (Wildman–Crippen LogP) is 4.16. The monoisotopic (exact) mass is 646 g/mol. The molecule has 0 saturated carbocycles. The fourth-order valence-corrected chi connectivity index (χ4v) is 5.09. The van der Waals surface area contributed by atoms with Crippen LogP contribution in [0.25, 0.3) is 0 Å². The van der Waals surface area contributed by atoms with E-state index in [4.69, 9.17) is 19.7 Å². The van der Waals surface area contributed by atoms with Crippen LogP contribution in [0.2, 0.25) is 0 Å². The van der Waals surface area contributed by atoms with Gasteiger partial charge in [0.2, 0.25) is 5.91 Å². The maximum absolute atomic E-state index is 13.8. The fraction of sp³-hybridized carbons (Fsp3) is 0.361. The highest BCUT2D eigenvalue weighted by molar-refractivity contribution is 5.89. The zero-order valence-electron chi connectivity index (χ0n) is 26.7. The molecule has 0 spiro atoms. The molecule has 1 aliphatic rings. The van der Waals surface area contributed by atoms with E-state index in [1.54, 1.807) is 18.7 Å². The van der Waals surface area contributed by atoms with Gasteiger partial charge in [-0.2, -0.15) is 0 Å². The van der Waals surface area contributed by atoms with Crippen molar-refractivity contribution in [1.29, 1.82) is 0 Å². The molecule has 0 saturated heterocycles. The van der Waals surface area contributed by atoms with Gasteiger partial charge >= 0.3 is 23.9 Å². The zero-order valence-corrected chi connectivity index (χ0v) is 26.7. The van der Waals surface area contributed by atoms with Crippen LogP contribution in [-0.2, 0) is 59.4 Å². The number of carboxylic acid groups (broad SMARTS) is 2. The number of carbonyl (C=O) groups is 5. The quantitative estimate of drug-likeness (QED) is 0.217. The summed E-state index contributed by atoms with van der Waals surface area (Å²) >= 11 is 0. The summed E-state index contributed by atoms with van der Waals surface area (Å²) in [5.41, 5.74) is 4.00. The van der Waals surface area contributed by atoms with E-state index in [0.717, 1.165) is 22.3 Å². The van der Waals surface area contributed by atoms with E-state index < -0.39 is 42.0 Å². The Morgan fingerprint density at radius 2 is 1.36 bits per heavy atom. The van der Waals surface area contributed by atoms with Gasteiger partial charge in [-0.3, -0.25) is 24.5 Å². The minimum atomic E-state index is -1.08. The number of nitrogens with one attached hydrogen (secondary N) is 1. The first-order valence-electron chi connectivity index (χ1n) is 15.6. The van der Waals surface area contributed by atoms with Crippen molar-refractivity contribution in [2.24, 2.45) is 0 Å². The molecule has 1 heterocycles. The number of nitrogens with zero attached hydrogens (tertiary/aromatic N) is 1. The lowest BCUT2D eigenvalue weighted by Gasteiger charge is -2.37. The first-order valence-corrected chi connectivity index (χ1v) is 15.6. The van der Waals surface area contributed by atoms with Crippen LogP contribution < -0.4 is 5.32 Å². The summed E-state index contributed by atoms with van der Waals surface area (Å²) in [4.78, 5) is 60.7. The second-order valence-corrected chi connectivity index (χ2v) is 11.1. The molecule has 3 atom stereocenters. The summed E-state index contributed by atoms with van der Waals surface area (Å²) < 4.78 is 11.0. The highest BCUT2D eigenvalue weighted by atomic mass is 16.5. The molecule has 0 aromatic heterocycles. The number of benzene rings is 3. The molecule has 3 aromatic rings. The molecule has 11 nitrogen and oxygen atoms in total. The molecular formula is C36H42N2O9. The van der Waals surface area contributed by atoms with Crippen LogP contribution in [0.1, 0.15) is 55.4 Å². The third-order valence-corrected chi connectivity index (χ3v) is 7.54. The minimum Gasteiger partial charge on any atom is -0.481 e. The molecular weight excluding hydrogens is 604 g/mol. The lowest BCUT2D eigenvalue weighted by Crippen LogP contribution is -2.56. The predicted molar refractivity (Wildman–Crippen MR) is 173 cm³/mol. The SMILES string of the molecule is CCOC(=O)[C@H](CCc1ccccc1)N[C@@H](C)C(=O)N1Cc2ccccc2C[C@H]1C(=O)OCc1ccccc1.O=C(O)CCC(=O)O. The molecule has 0 radical (unpaired) electrons. The Bertz CT molecular complexity index is 1470. The van der Waals surface area contributed by atoms with E-state index in [-0.39, 0.29) is 32.0 Å². The number of rotatable bonds is 14. The van der Waals surface area contributed by atoms with Crippen LogP contribution in [0.5, 0.6) is 0 Å². The van der Waals surface area contributed by atoms with Crippen molar-refractivity contribution in [3.63, 3.8) is 0 Å². The second kappa shape index (κ2) is 18.8. The van der Waals surface area contributed by atoms with Crippen molar-refractivity contribution in [2.45, 2.75) is 77.2 Å². The van der Waals surface area contributed by atoms with Gasteiger partial charge in [0.15, 0.2) is 0 Å². The molecule has 3 aromatic carbocycles. The van der Waals surface area contributed by atoms with E-state index >= 15 is 0 Å². The molecule has 47 heavy (non-hydrogen) atoms. The molecule has 0 aliphatic carbocycles. The summed E-state index contributed by atoms with van der Waals surface area (Å²) in [7, 11) is 0. The number of amides is 1. The van der Waals surface area contributed by atoms with E-state index in [1.807, 2.05) is 84.9 Å². The zero-order chi connectivity index (χ0) is 34.2. The summed E-state index contributed by atoms with van der Waals surface area (Å²) in [6.45, 7) is 4.17. The minimum absolute atomic E-state index is 0.137. The highest BCUT2D eigenvalue weighted by Gasteiger charge is 2.38. The summed E-state index contributed by atoms with van der Waals surface area (Å²) in [5, 5.41) is 19.0. The number of aliphatic carboxylic acids is 2. The highest BCUT2D eigenvalue weighted by Crippen LogP contribution is 2.25. The van der Waals surface area contributed by atoms with Crippen molar-refractivity contribution in [2.75, 3.05) is 6.61 Å². The van der Waals surface area contributed by atoms with Gasteiger partial charge in [0.05, 0.1) is 25.5 Å². The molecule has 11 heteroatoms. The first kappa shape index (κ1) is 36.4. The largest absolute Gasteiger partial charge is 0.481 e. The molecule has 1 amide bonds. The van der Waals surface area contributed by atoms with Crippen LogP contribution >= 0.6 is 0 Å². The van der Waals surface area contributed by atoms with Gasteiger partial charge < -0.3 is 24.6 Å². The van der Waals surface area contributed by atoms with Gasteiger partial charge in [-0.05, 0) is 48.9 Å². The number of ether oxygens (including phenoxy) is 2. The summed E-state index contributed by atoms with van der Waals surface area (Å²) in [6, 6.07) is 25.0. The first-order chi connectivity index (χ1) is 22.6. The average molecular weight is 647 g/mol. The summed E-state index contributed by atoms with van der Waals surface area (Å²) in [6.07, 6.45) is 0.915. The van der Waals surface area contributed by atoms with Crippen LogP contribution in [0, 0.1) is 0 Å². The van der Waals surface area contributed by atoms with Crippen molar-refractivity contribution in [1.82, 2.24) is 10.2 Å². The Morgan fingerprint density at radius 3 is 1.94 bits per heavy atom. The maximum Gasteiger partial charge on any atom is 0.329 e. The van der Waals surface area contributed by atoms with Gasteiger partial charge in [-0.25, -0.2) is 4.79 Å². The van der Waals surface area contributed by atoms with Crippen molar-refractivity contribution < 1.29 is 43.7 Å². The Balaban J connectivity index is 0.000000665. The van der Waals surface area contributed by atoms with Crippen molar-refractivity contribution in [3.8, 4) is 0 Å². The van der Waals surface area contributed by atoms with Crippen LogP contribution in [-0.4, -0.2) is 69.6 Å². The fourth-order valence-electron chi connectivity index (χ4n) is 5.09. The average Bonchev–Trinajstić information content (AvgIpc) is 3.08. The molecule has 0 unspecified atom stereocenters. The lowest BCUT2D eigenvalue weighted by molar-refractivity contribution is -0.158. The van der Waals surface area contributed by atoms with Crippen molar-refractivity contribution >= 4 is 29.8 Å². The standard InChI is InChI=1S/C32H36N2O5.C4H6O4/c1-3-38-31(36)28(19-18-24-12-6-4-7-13-24)33-23(2)30(35)34-21-27-17-11-10-16-26(27)20-29(34)32(37)39-22-25-14-8-5-9-15-25;5-3(6)1-2-4(7)8/h4-17,23,28-29,33H,3,18-22H2,1-2H3;1-2H2,(H,5,6)(H,7,8)/t23-,28-,29-;/m0./s1. The molecule has 0 fully saturated rings. The number of fused-ring (bicyclic) bond motifs is 1. The number of hydrogen-bond acceptors (Lipinski definition) is 8. The number of aryl methyl sites for hydroxylation is 1. The topological polar surface area (TPSA) is 160 Å². The molecule has 3 N–H and O–H groups in total. The third kappa shape index (κ3) is 12.0. The number of carbonyl (C=O) groups excluding carboxylic acids is 3. The Kier molecular flexibility index (Phi) is 14.6. The Morgan fingerprint density at radius 1 is 0.809 bits per heavy atom. The summed E-state index contributed by atoms with van der Waals surface area (Å²) in [5.74, 6) is -3.25.